The van der Waals surface area contributed by atoms with Crippen LogP contribution in [0, 0.1) is 13.8 Å². The van der Waals surface area contributed by atoms with Crippen LogP contribution < -0.4 is 4.90 Å². The summed E-state index contributed by atoms with van der Waals surface area (Å²) in [5.41, 5.74) is 3.78. The van der Waals surface area contributed by atoms with Gasteiger partial charge in [0, 0.05) is 16.7 Å². The Hall–Kier alpha value is -2.05. The summed E-state index contributed by atoms with van der Waals surface area (Å²) in [4.78, 5) is 15.0. The zero-order valence-electron chi connectivity index (χ0n) is 15.5. The first-order valence-electron chi connectivity index (χ1n) is 8.74. The van der Waals surface area contributed by atoms with Crippen molar-refractivity contribution in [2.45, 2.75) is 13.8 Å². The topological polar surface area (TPSA) is 33.5 Å². The molecule has 0 aliphatic carbocycles. The smallest absolute Gasteiger partial charge is 0.270 e. The number of thioether (sulfide) groups is 1. The van der Waals surface area contributed by atoms with Gasteiger partial charge in [0.25, 0.3) is 5.91 Å². The molecule has 2 aromatic carbocycles. The van der Waals surface area contributed by atoms with Gasteiger partial charge in [-0.3, -0.25) is 9.69 Å². The molecule has 1 aliphatic rings. The molecule has 0 bridgehead atoms. The minimum atomic E-state index is -0.161. The van der Waals surface area contributed by atoms with Crippen LogP contribution in [0.15, 0.2) is 57.9 Å². The number of amides is 1. The van der Waals surface area contributed by atoms with Crippen molar-refractivity contribution in [2.75, 3.05) is 4.90 Å². The van der Waals surface area contributed by atoms with E-state index in [1.54, 1.807) is 35.2 Å². The number of carbonyl (C=O) groups is 1. The molecule has 1 saturated heterocycles. The maximum atomic E-state index is 13.0. The summed E-state index contributed by atoms with van der Waals surface area (Å²) in [6.45, 7) is 4.04. The second-order valence-corrected chi connectivity index (χ2v) is 9.13. The summed E-state index contributed by atoms with van der Waals surface area (Å²) >= 11 is 18.9. The Kier molecular flexibility index (Phi) is 5.58. The van der Waals surface area contributed by atoms with Crippen molar-refractivity contribution in [1.82, 2.24) is 0 Å². The average molecular weight is 460 g/mol. The predicted octanol–water partition coefficient (Wildman–Crippen LogP) is 7.28. The summed E-state index contributed by atoms with van der Waals surface area (Å²) < 4.78 is 6.38. The summed E-state index contributed by atoms with van der Waals surface area (Å²) in [5, 5.41) is 1.06. The van der Waals surface area contributed by atoms with E-state index in [0.29, 0.717) is 30.8 Å². The largest absolute Gasteiger partial charge is 0.457 e. The molecule has 146 valence electrons. The third kappa shape index (κ3) is 4.01. The van der Waals surface area contributed by atoms with E-state index in [1.165, 1.54) is 17.3 Å². The molecule has 2 heterocycles. The van der Waals surface area contributed by atoms with Crippen molar-refractivity contribution in [3.8, 4) is 11.3 Å². The highest BCUT2D eigenvalue weighted by Crippen LogP contribution is 2.38. The Bertz CT molecular complexity index is 1180. The van der Waals surface area contributed by atoms with Gasteiger partial charge in [0.1, 0.15) is 11.5 Å². The van der Waals surface area contributed by atoms with E-state index < -0.39 is 0 Å². The lowest BCUT2D eigenvalue weighted by Gasteiger charge is -2.15. The first-order valence-corrected chi connectivity index (χ1v) is 10.7. The molecule has 0 N–H and O–H groups in total. The second kappa shape index (κ2) is 8.00. The maximum absolute atomic E-state index is 13.0. The molecule has 3 nitrogen and oxygen atoms in total. The first kappa shape index (κ1) is 20.2. The van der Waals surface area contributed by atoms with Crippen molar-refractivity contribution in [1.29, 1.82) is 0 Å². The summed E-state index contributed by atoms with van der Waals surface area (Å²) in [5.74, 6) is 0.986. The fraction of sp³-hybridized carbons (Fsp3) is 0.0909. The minimum absolute atomic E-state index is 0.161. The molecule has 0 atom stereocenters. The molecular formula is C22H15Cl2NO2S2. The van der Waals surface area contributed by atoms with Crippen LogP contribution in [0.2, 0.25) is 10.0 Å². The first-order chi connectivity index (χ1) is 13.8. The Morgan fingerprint density at radius 2 is 1.83 bits per heavy atom. The lowest BCUT2D eigenvalue weighted by molar-refractivity contribution is -0.113. The molecule has 4 rings (SSSR count). The molecule has 1 aromatic heterocycles. The lowest BCUT2D eigenvalue weighted by Crippen LogP contribution is -2.27. The third-order valence-electron chi connectivity index (χ3n) is 4.64. The van der Waals surface area contributed by atoms with Crippen molar-refractivity contribution in [3.63, 3.8) is 0 Å². The van der Waals surface area contributed by atoms with E-state index in [-0.39, 0.29) is 5.91 Å². The summed E-state index contributed by atoms with van der Waals surface area (Å²) in [6.07, 6.45) is 1.70. The van der Waals surface area contributed by atoms with Gasteiger partial charge in [0.2, 0.25) is 0 Å². The molecule has 29 heavy (non-hydrogen) atoms. The van der Waals surface area contributed by atoms with Gasteiger partial charge in [-0.25, -0.2) is 0 Å². The van der Waals surface area contributed by atoms with E-state index in [9.17, 15) is 4.79 Å². The molecule has 7 heteroatoms. The highest BCUT2D eigenvalue weighted by molar-refractivity contribution is 8.27. The van der Waals surface area contributed by atoms with Crippen LogP contribution >= 0.6 is 47.2 Å². The van der Waals surface area contributed by atoms with Crippen molar-refractivity contribution in [2.24, 2.45) is 0 Å². The number of furan rings is 1. The second-order valence-electron chi connectivity index (χ2n) is 6.61. The molecule has 1 aliphatic heterocycles. The van der Waals surface area contributed by atoms with E-state index in [4.69, 9.17) is 39.8 Å². The van der Waals surface area contributed by atoms with E-state index in [0.717, 1.165) is 16.8 Å². The van der Waals surface area contributed by atoms with E-state index in [1.807, 2.05) is 38.1 Å². The number of thiocarbonyl (C=S) groups is 1. The molecule has 0 spiro atoms. The van der Waals surface area contributed by atoms with Crippen LogP contribution in [-0.4, -0.2) is 10.2 Å². The number of rotatable bonds is 3. The van der Waals surface area contributed by atoms with Crippen LogP contribution in [0.1, 0.15) is 16.9 Å². The zero-order chi connectivity index (χ0) is 20.7. The number of carbonyl (C=O) groups excluding carboxylic acids is 1. The van der Waals surface area contributed by atoms with Gasteiger partial charge in [-0.1, -0.05) is 53.2 Å². The van der Waals surface area contributed by atoms with Crippen LogP contribution in [0.3, 0.4) is 0 Å². The average Bonchev–Trinajstić information content (AvgIpc) is 3.22. The van der Waals surface area contributed by atoms with Gasteiger partial charge < -0.3 is 4.42 Å². The Balaban J connectivity index is 1.62. The molecule has 1 fully saturated rings. The molecule has 3 aromatic rings. The number of hydrogen-bond acceptors (Lipinski definition) is 4. The maximum Gasteiger partial charge on any atom is 0.270 e. The van der Waals surface area contributed by atoms with Crippen LogP contribution in [0.4, 0.5) is 5.69 Å². The van der Waals surface area contributed by atoms with Gasteiger partial charge in [-0.05, 0) is 67.4 Å². The van der Waals surface area contributed by atoms with Gasteiger partial charge in [0.05, 0.1) is 15.6 Å². The zero-order valence-corrected chi connectivity index (χ0v) is 18.7. The predicted molar refractivity (Wildman–Crippen MR) is 126 cm³/mol. The van der Waals surface area contributed by atoms with Crippen molar-refractivity contribution >= 4 is 69.2 Å². The van der Waals surface area contributed by atoms with Gasteiger partial charge >= 0.3 is 0 Å². The van der Waals surface area contributed by atoms with E-state index in [2.05, 4.69) is 0 Å². The number of benzene rings is 2. The van der Waals surface area contributed by atoms with Crippen molar-refractivity contribution < 1.29 is 9.21 Å². The molecule has 0 radical (unpaired) electrons. The van der Waals surface area contributed by atoms with Gasteiger partial charge in [-0.2, -0.15) is 0 Å². The van der Waals surface area contributed by atoms with E-state index >= 15 is 0 Å². The van der Waals surface area contributed by atoms with Crippen LogP contribution in [-0.2, 0) is 4.79 Å². The Morgan fingerprint density at radius 1 is 1.03 bits per heavy atom. The number of aryl methyl sites for hydroxylation is 2. The number of hydrogen-bond donors (Lipinski definition) is 0. The Labute approximate surface area is 188 Å². The monoisotopic (exact) mass is 459 g/mol. The minimum Gasteiger partial charge on any atom is -0.457 e. The number of halogens is 2. The number of anilines is 1. The van der Waals surface area contributed by atoms with Gasteiger partial charge in [-0.15, -0.1) is 0 Å². The summed E-state index contributed by atoms with van der Waals surface area (Å²) in [6, 6.07) is 14.7. The van der Waals surface area contributed by atoms with Crippen molar-refractivity contribution in [3.05, 3.63) is 80.4 Å². The standard InChI is InChI=1S/C22H15Cl2NO2S2/c1-12-3-5-15(9-13(12)2)25-21(26)20(29-22(25)28)11-16-6-8-19(27-16)17-7-4-14(23)10-18(17)24/h3-11H,1-2H3/b20-11+. The molecule has 0 unspecified atom stereocenters. The Morgan fingerprint density at radius 3 is 2.55 bits per heavy atom. The van der Waals surface area contributed by atoms with Gasteiger partial charge in [0.15, 0.2) is 4.32 Å². The molecule has 0 saturated carbocycles. The highest BCUT2D eigenvalue weighted by Gasteiger charge is 2.33. The summed E-state index contributed by atoms with van der Waals surface area (Å²) in [7, 11) is 0. The quantitative estimate of drug-likeness (QED) is 0.304. The third-order valence-corrected chi connectivity index (χ3v) is 6.49. The highest BCUT2D eigenvalue weighted by atomic mass is 35.5. The lowest BCUT2D eigenvalue weighted by atomic mass is 10.1. The molecule has 1 amide bonds. The van der Waals surface area contributed by atoms with Crippen LogP contribution in [0.25, 0.3) is 17.4 Å². The molecular weight excluding hydrogens is 445 g/mol. The normalized spacial score (nSPS) is 15.6. The fourth-order valence-corrected chi connectivity index (χ4v) is 4.73. The van der Waals surface area contributed by atoms with Crippen LogP contribution in [0.5, 0.6) is 0 Å². The fourth-order valence-electron chi connectivity index (χ4n) is 2.95. The number of nitrogens with zero attached hydrogens (tertiary/aromatic N) is 1. The SMILES string of the molecule is Cc1ccc(N2C(=O)/C(=C\c3ccc(-c4ccc(Cl)cc4Cl)o3)SC2=S)cc1C.